The minimum absolute atomic E-state index is 0.0283. The molecule has 0 aromatic heterocycles. The molecule has 4 heteroatoms. The largest absolute Gasteiger partial charge is 0.338 e. The van der Waals surface area contributed by atoms with Crippen LogP contribution in [0.4, 0.5) is 4.79 Å². The van der Waals surface area contributed by atoms with Crippen molar-refractivity contribution in [2.75, 3.05) is 6.54 Å². The van der Waals surface area contributed by atoms with Crippen molar-refractivity contribution in [3.8, 4) is 0 Å². The van der Waals surface area contributed by atoms with Gasteiger partial charge in [0.25, 0.3) is 0 Å². The summed E-state index contributed by atoms with van der Waals surface area (Å²) in [7, 11) is 0. The number of amides is 2. The van der Waals surface area contributed by atoms with Crippen LogP contribution in [0.25, 0.3) is 0 Å². The van der Waals surface area contributed by atoms with Crippen molar-refractivity contribution < 1.29 is 4.79 Å². The zero-order valence-electron chi connectivity index (χ0n) is 10.5. The molecular weight excluding hydrogens is 236 g/mol. The van der Waals surface area contributed by atoms with Gasteiger partial charge in [-0.25, -0.2) is 4.79 Å². The Bertz CT molecular complexity index is 362. The van der Waals surface area contributed by atoms with E-state index in [2.05, 4.69) is 24.5 Å². The van der Waals surface area contributed by atoms with E-state index in [4.69, 9.17) is 11.6 Å². The molecule has 3 nitrogen and oxygen atoms in total. The number of hydrogen-bond donors (Lipinski definition) is 2. The zero-order chi connectivity index (χ0) is 12.8. The Morgan fingerprint density at radius 3 is 2.35 bits per heavy atom. The third kappa shape index (κ3) is 5.09. The number of carbonyl (C=O) groups is 1. The number of halogens is 1. The maximum absolute atomic E-state index is 11.5. The topological polar surface area (TPSA) is 41.1 Å². The minimum atomic E-state index is -0.138. The number of rotatable bonds is 4. The van der Waals surface area contributed by atoms with Crippen molar-refractivity contribution in [3.63, 3.8) is 0 Å². The SMILES string of the molecule is CC(C)CNC(=O)NC(C)c1ccc(Cl)cc1. The van der Waals surface area contributed by atoms with Crippen molar-refractivity contribution >= 4 is 17.6 Å². The molecule has 1 rings (SSSR count). The van der Waals surface area contributed by atoms with Gasteiger partial charge in [-0.1, -0.05) is 37.6 Å². The van der Waals surface area contributed by atoms with E-state index in [1.807, 2.05) is 31.2 Å². The molecule has 0 radical (unpaired) electrons. The molecule has 2 amide bonds. The molecule has 17 heavy (non-hydrogen) atoms. The molecule has 0 aliphatic rings. The van der Waals surface area contributed by atoms with Gasteiger partial charge in [0.05, 0.1) is 6.04 Å². The fraction of sp³-hybridized carbons (Fsp3) is 0.462. The van der Waals surface area contributed by atoms with Crippen LogP contribution in [0.3, 0.4) is 0 Å². The Hall–Kier alpha value is -1.22. The van der Waals surface area contributed by atoms with E-state index < -0.39 is 0 Å². The molecule has 0 saturated heterocycles. The van der Waals surface area contributed by atoms with Gasteiger partial charge in [0.15, 0.2) is 0 Å². The molecule has 0 fully saturated rings. The summed E-state index contributed by atoms with van der Waals surface area (Å²) in [4.78, 5) is 11.5. The first-order chi connectivity index (χ1) is 7.99. The van der Waals surface area contributed by atoms with Crippen LogP contribution in [0.5, 0.6) is 0 Å². The molecule has 2 N–H and O–H groups in total. The van der Waals surface area contributed by atoms with E-state index in [0.717, 1.165) is 5.56 Å². The first-order valence-corrected chi connectivity index (χ1v) is 6.16. The van der Waals surface area contributed by atoms with Gasteiger partial charge in [0, 0.05) is 11.6 Å². The summed E-state index contributed by atoms with van der Waals surface area (Å²) >= 11 is 5.81. The summed E-state index contributed by atoms with van der Waals surface area (Å²) < 4.78 is 0. The zero-order valence-corrected chi connectivity index (χ0v) is 11.2. The van der Waals surface area contributed by atoms with Crippen LogP contribution in [0.15, 0.2) is 24.3 Å². The predicted octanol–water partition coefficient (Wildman–Crippen LogP) is 3.36. The highest BCUT2D eigenvalue weighted by molar-refractivity contribution is 6.30. The summed E-state index contributed by atoms with van der Waals surface area (Å²) in [5.74, 6) is 0.451. The maximum Gasteiger partial charge on any atom is 0.315 e. The quantitative estimate of drug-likeness (QED) is 0.850. The lowest BCUT2D eigenvalue weighted by atomic mass is 10.1. The fourth-order valence-electron chi connectivity index (χ4n) is 1.38. The first-order valence-electron chi connectivity index (χ1n) is 5.79. The lowest BCUT2D eigenvalue weighted by Crippen LogP contribution is -2.38. The van der Waals surface area contributed by atoms with Crippen LogP contribution in [-0.4, -0.2) is 12.6 Å². The van der Waals surface area contributed by atoms with Crippen molar-refractivity contribution in [2.24, 2.45) is 5.92 Å². The third-order valence-corrected chi connectivity index (χ3v) is 2.64. The number of hydrogen-bond acceptors (Lipinski definition) is 1. The van der Waals surface area contributed by atoms with Crippen LogP contribution in [-0.2, 0) is 0 Å². The lowest BCUT2D eigenvalue weighted by molar-refractivity contribution is 0.236. The van der Waals surface area contributed by atoms with Gasteiger partial charge < -0.3 is 10.6 Å². The minimum Gasteiger partial charge on any atom is -0.338 e. The highest BCUT2D eigenvalue weighted by Crippen LogP contribution is 2.15. The summed E-state index contributed by atoms with van der Waals surface area (Å²) in [6.07, 6.45) is 0. The Morgan fingerprint density at radius 1 is 1.24 bits per heavy atom. The van der Waals surface area contributed by atoms with Gasteiger partial charge in [-0.3, -0.25) is 0 Å². The second-order valence-electron chi connectivity index (χ2n) is 4.52. The molecule has 1 aromatic carbocycles. The van der Waals surface area contributed by atoms with Crippen LogP contribution in [0, 0.1) is 5.92 Å². The van der Waals surface area contributed by atoms with E-state index in [0.29, 0.717) is 17.5 Å². The van der Waals surface area contributed by atoms with Crippen molar-refractivity contribution in [1.82, 2.24) is 10.6 Å². The van der Waals surface area contributed by atoms with E-state index in [1.165, 1.54) is 0 Å². The Balaban J connectivity index is 2.46. The van der Waals surface area contributed by atoms with E-state index in [1.54, 1.807) is 0 Å². The standard InChI is InChI=1S/C13H19ClN2O/c1-9(2)8-15-13(17)16-10(3)11-4-6-12(14)7-5-11/h4-7,9-10H,8H2,1-3H3,(H2,15,16,17). The summed E-state index contributed by atoms with van der Waals surface area (Å²) in [5.41, 5.74) is 1.04. The summed E-state index contributed by atoms with van der Waals surface area (Å²) in [6, 6.07) is 7.30. The van der Waals surface area contributed by atoms with Gasteiger partial charge in [-0.2, -0.15) is 0 Å². The number of carbonyl (C=O) groups excluding carboxylic acids is 1. The molecule has 0 aliphatic heterocycles. The lowest BCUT2D eigenvalue weighted by Gasteiger charge is -2.15. The number of benzene rings is 1. The smallest absolute Gasteiger partial charge is 0.315 e. The van der Waals surface area contributed by atoms with Gasteiger partial charge in [0.2, 0.25) is 0 Å². The van der Waals surface area contributed by atoms with Crippen molar-refractivity contribution in [2.45, 2.75) is 26.8 Å². The Morgan fingerprint density at radius 2 is 1.82 bits per heavy atom. The Kier molecular flexibility index (Phi) is 5.29. The second kappa shape index (κ2) is 6.50. The van der Waals surface area contributed by atoms with Gasteiger partial charge in [0.1, 0.15) is 0 Å². The van der Waals surface area contributed by atoms with Gasteiger partial charge >= 0.3 is 6.03 Å². The average Bonchev–Trinajstić information content (AvgIpc) is 2.27. The monoisotopic (exact) mass is 254 g/mol. The first kappa shape index (κ1) is 13.8. The number of urea groups is 1. The summed E-state index contributed by atoms with van der Waals surface area (Å²) in [6.45, 7) is 6.74. The number of nitrogens with one attached hydrogen (secondary N) is 2. The molecule has 94 valence electrons. The second-order valence-corrected chi connectivity index (χ2v) is 4.96. The van der Waals surface area contributed by atoms with Crippen molar-refractivity contribution in [1.29, 1.82) is 0 Å². The molecule has 1 atom stereocenters. The van der Waals surface area contributed by atoms with Gasteiger partial charge in [-0.05, 0) is 30.5 Å². The van der Waals surface area contributed by atoms with Crippen LogP contribution in [0.1, 0.15) is 32.4 Å². The maximum atomic E-state index is 11.5. The average molecular weight is 255 g/mol. The van der Waals surface area contributed by atoms with Crippen molar-refractivity contribution in [3.05, 3.63) is 34.9 Å². The normalized spacial score (nSPS) is 12.3. The summed E-state index contributed by atoms with van der Waals surface area (Å²) in [5, 5.41) is 6.40. The predicted molar refractivity (Wildman–Crippen MR) is 71.2 cm³/mol. The van der Waals surface area contributed by atoms with Crippen LogP contribution in [0.2, 0.25) is 5.02 Å². The van der Waals surface area contributed by atoms with Crippen LogP contribution >= 0.6 is 11.6 Å². The molecule has 0 aliphatic carbocycles. The van der Waals surface area contributed by atoms with E-state index >= 15 is 0 Å². The highest BCUT2D eigenvalue weighted by Gasteiger charge is 2.09. The molecule has 1 unspecified atom stereocenters. The highest BCUT2D eigenvalue weighted by atomic mass is 35.5. The fourth-order valence-corrected chi connectivity index (χ4v) is 1.51. The third-order valence-electron chi connectivity index (χ3n) is 2.39. The molecule has 1 aromatic rings. The molecule has 0 bridgehead atoms. The Labute approximate surface area is 108 Å². The molecule has 0 heterocycles. The molecule has 0 saturated carbocycles. The van der Waals surface area contributed by atoms with Gasteiger partial charge in [-0.15, -0.1) is 0 Å². The molecule has 0 spiro atoms. The van der Waals surface area contributed by atoms with E-state index in [9.17, 15) is 4.79 Å². The van der Waals surface area contributed by atoms with Crippen LogP contribution < -0.4 is 10.6 Å². The molecular formula is C13H19ClN2O. The van der Waals surface area contributed by atoms with E-state index in [-0.39, 0.29) is 12.1 Å².